The maximum absolute atomic E-state index is 9.84. The molecule has 0 aliphatic carbocycles. The predicted octanol–water partition coefficient (Wildman–Crippen LogP) is 7.83. The van der Waals surface area contributed by atoms with Crippen molar-refractivity contribution in [3.8, 4) is 22.4 Å². The maximum Gasteiger partial charge on any atom is 0.0800 e. The normalized spacial score (nSPS) is 11.0. The van der Waals surface area contributed by atoms with Gasteiger partial charge in [0.1, 0.15) is 0 Å². The fourth-order valence-corrected chi connectivity index (χ4v) is 3.99. The highest BCUT2D eigenvalue weighted by atomic mass is 35.5. The molecule has 8 heteroatoms. The van der Waals surface area contributed by atoms with Crippen LogP contribution in [0.15, 0.2) is 36.5 Å². The highest BCUT2D eigenvalue weighted by Gasteiger charge is 2.21. The molecule has 0 saturated carbocycles. The van der Waals surface area contributed by atoms with E-state index in [-0.39, 0.29) is 26.7 Å². The van der Waals surface area contributed by atoms with E-state index >= 15 is 0 Å². The van der Waals surface area contributed by atoms with Crippen LogP contribution >= 0.6 is 69.6 Å². The number of benzene rings is 2. The second kappa shape index (κ2) is 8.12. The zero-order valence-electron chi connectivity index (χ0n) is 12.8. The Labute approximate surface area is 180 Å². The lowest BCUT2D eigenvalue weighted by atomic mass is 9.95. The van der Waals surface area contributed by atoms with Gasteiger partial charge < -0.3 is 5.11 Å². The zero-order chi connectivity index (χ0) is 19.0. The maximum atomic E-state index is 9.84. The summed E-state index contributed by atoms with van der Waals surface area (Å²) in [6.07, 6.45) is 1.55. The molecule has 0 aliphatic heterocycles. The largest absolute Gasteiger partial charge is 0.392 e. The van der Waals surface area contributed by atoms with Gasteiger partial charge in [-0.05, 0) is 35.9 Å². The lowest BCUT2D eigenvalue weighted by Gasteiger charge is -2.17. The first kappa shape index (κ1) is 20.0. The van der Waals surface area contributed by atoms with Gasteiger partial charge in [0, 0.05) is 32.9 Å². The van der Waals surface area contributed by atoms with Gasteiger partial charge in [-0.25, -0.2) is 0 Å². The molecule has 0 amide bonds. The van der Waals surface area contributed by atoms with Crippen LogP contribution in [0.4, 0.5) is 0 Å². The first-order chi connectivity index (χ1) is 12.3. The van der Waals surface area contributed by atoms with Crippen molar-refractivity contribution in [3.63, 3.8) is 0 Å². The van der Waals surface area contributed by atoms with Crippen LogP contribution in [0.2, 0.25) is 30.1 Å². The average molecular weight is 468 g/mol. The summed E-state index contributed by atoms with van der Waals surface area (Å²) in [5, 5.41) is 11.8. The molecule has 26 heavy (non-hydrogen) atoms. The monoisotopic (exact) mass is 465 g/mol. The van der Waals surface area contributed by atoms with Gasteiger partial charge in [-0.15, -0.1) is 0 Å². The molecule has 0 radical (unpaired) electrons. The van der Waals surface area contributed by atoms with Crippen molar-refractivity contribution >= 4 is 69.6 Å². The number of hydrogen-bond donors (Lipinski definition) is 1. The van der Waals surface area contributed by atoms with Crippen LogP contribution in [-0.4, -0.2) is 10.1 Å². The number of hydrogen-bond acceptors (Lipinski definition) is 2. The molecule has 3 aromatic rings. The standard InChI is InChI=1S/C18H9Cl6NO/c19-9-3-11(16(23)13(21)5-9)15-8(7-26)1-2-25-18(15)12-4-10(20)6-14(22)17(12)24/h1-6,26H,7H2. The average Bonchev–Trinajstić information content (AvgIpc) is 2.60. The van der Waals surface area contributed by atoms with E-state index < -0.39 is 0 Å². The molecule has 134 valence electrons. The fourth-order valence-electron chi connectivity index (χ4n) is 2.60. The molecule has 3 rings (SSSR count). The van der Waals surface area contributed by atoms with E-state index in [1.54, 1.807) is 24.4 Å². The first-order valence-corrected chi connectivity index (χ1v) is 9.48. The minimum Gasteiger partial charge on any atom is -0.392 e. The molecule has 2 nitrogen and oxygen atoms in total. The van der Waals surface area contributed by atoms with Crippen molar-refractivity contribution in [2.24, 2.45) is 0 Å². The van der Waals surface area contributed by atoms with Gasteiger partial charge in [0.15, 0.2) is 0 Å². The molecule has 0 spiro atoms. The van der Waals surface area contributed by atoms with Crippen molar-refractivity contribution in [2.45, 2.75) is 6.61 Å². The summed E-state index contributed by atoms with van der Waals surface area (Å²) in [5.41, 5.74) is 2.59. The Morgan fingerprint density at radius 3 is 1.88 bits per heavy atom. The van der Waals surface area contributed by atoms with Crippen molar-refractivity contribution < 1.29 is 5.11 Å². The summed E-state index contributed by atoms with van der Waals surface area (Å²) in [5.74, 6) is 0. The van der Waals surface area contributed by atoms with E-state index in [4.69, 9.17) is 69.6 Å². The van der Waals surface area contributed by atoms with E-state index in [1.165, 1.54) is 12.1 Å². The van der Waals surface area contributed by atoms with E-state index in [9.17, 15) is 5.11 Å². The van der Waals surface area contributed by atoms with Gasteiger partial charge in [0.05, 0.1) is 32.4 Å². The van der Waals surface area contributed by atoms with E-state index in [1.807, 2.05) is 0 Å². The summed E-state index contributed by atoms with van der Waals surface area (Å²) in [7, 11) is 0. The van der Waals surface area contributed by atoms with Crippen LogP contribution in [0.25, 0.3) is 22.4 Å². The topological polar surface area (TPSA) is 33.1 Å². The van der Waals surface area contributed by atoms with Crippen molar-refractivity contribution in [1.82, 2.24) is 4.98 Å². The molecular weight excluding hydrogens is 459 g/mol. The lowest BCUT2D eigenvalue weighted by molar-refractivity contribution is 0.282. The molecule has 1 aromatic heterocycles. The van der Waals surface area contributed by atoms with Crippen LogP contribution in [0, 0.1) is 0 Å². The lowest BCUT2D eigenvalue weighted by Crippen LogP contribution is -1.98. The Bertz CT molecular complexity index is 1010. The van der Waals surface area contributed by atoms with Crippen molar-refractivity contribution in [3.05, 3.63) is 72.2 Å². The summed E-state index contributed by atoms with van der Waals surface area (Å²) < 4.78 is 0. The minimum atomic E-state index is -0.253. The molecule has 0 bridgehead atoms. The Morgan fingerprint density at radius 1 is 0.769 bits per heavy atom. The van der Waals surface area contributed by atoms with E-state index in [0.717, 1.165) is 0 Å². The number of aromatic nitrogens is 1. The Morgan fingerprint density at radius 2 is 1.31 bits per heavy atom. The molecule has 0 unspecified atom stereocenters. The molecule has 1 heterocycles. The summed E-state index contributed by atoms with van der Waals surface area (Å²) in [6, 6.07) is 8.03. The quantitative estimate of drug-likeness (QED) is 0.398. The SMILES string of the molecule is OCc1ccnc(-c2cc(Cl)cc(Cl)c2Cl)c1-c1cc(Cl)cc(Cl)c1Cl. The Balaban J connectivity index is 2.42. The highest BCUT2D eigenvalue weighted by Crippen LogP contribution is 2.44. The summed E-state index contributed by atoms with van der Waals surface area (Å²) >= 11 is 37.4. The molecule has 0 aliphatic rings. The highest BCUT2D eigenvalue weighted by molar-refractivity contribution is 6.46. The molecule has 0 fully saturated rings. The van der Waals surface area contributed by atoms with Crippen LogP contribution in [0.1, 0.15) is 5.56 Å². The van der Waals surface area contributed by atoms with Gasteiger partial charge in [-0.1, -0.05) is 69.6 Å². The first-order valence-electron chi connectivity index (χ1n) is 7.22. The molecule has 0 atom stereocenters. The summed E-state index contributed by atoms with van der Waals surface area (Å²) in [4.78, 5) is 4.42. The number of halogens is 6. The zero-order valence-corrected chi connectivity index (χ0v) is 17.4. The van der Waals surface area contributed by atoms with Gasteiger partial charge in [0.2, 0.25) is 0 Å². The van der Waals surface area contributed by atoms with Gasteiger partial charge in [-0.2, -0.15) is 0 Å². The molecular formula is C18H9Cl6NO. The molecule has 0 saturated heterocycles. The number of aliphatic hydroxyl groups is 1. The minimum absolute atomic E-state index is 0.253. The Kier molecular flexibility index (Phi) is 6.25. The number of rotatable bonds is 3. The predicted molar refractivity (Wildman–Crippen MR) is 111 cm³/mol. The van der Waals surface area contributed by atoms with E-state index in [0.29, 0.717) is 38.0 Å². The van der Waals surface area contributed by atoms with Crippen molar-refractivity contribution in [2.75, 3.05) is 0 Å². The van der Waals surface area contributed by atoms with Crippen LogP contribution < -0.4 is 0 Å². The Hall–Kier alpha value is -0.710. The fraction of sp³-hybridized carbons (Fsp3) is 0.0556. The van der Waals surface area contributed by atoms with Gasteiger partial charge in [-0.3, -0.25) is 4.98 Å². The summed E-state index contributed by atoms with van der Waals surface area (Å²) in [6.45, 7) is -0.253. The second-order valence-electron chi connectivity index (χ2n) is 5.35. The van der Waals surface area contributed by atoms with Gasteiger partial charge in [0.25, 0.3) is 0 Å². The van der Waals surface area contributed by atoms with Crippen LogP contribution in [0.5, 0.6) is 0 Å². The van der Waals surface area contributed by atoms with E-state index in [2.05, 4.69) is 4.98 Å². The second-order valence-corrected chi connectivity index (χ2v) is 7.79. The van der Waals surface area contributed by atoms with Crippen molar-refractivity contribution in [1.29, 1.82) is 0 Å². The van der Waals surface area contributed by atoms with Gasteiger partial charge >= 0.3 is 0 Å². The van der Waals surface area contributed by atoms with Crippen LogP contribution in [0.3, 0.4) is 0 Å². The third-order valence-electron chi connectivity index (χ3n) is 3.72. The smallest absolute Gasteiger partial charge is 0.0800 e. The molecule has 1 N–H and O–H groups in total. The molecule has 2 aromatic carbocycles. The number of nitrogens with zero attached hydrogens (tertiary/aromatic N) is 1. The number of pyridine rings is 1. The third kappa shape index (κ3) is 3.79. The third-order valence-corrected chi connectivity index (χ3v) is 5.76. The van der Waals surface area contributed by atoms with Crippen LogP contribution in [-0.2, 0) is 6.61 Å². The number of aliphatic hydroxyl groups excluding tert-OH is 1.